The zero-order chi connectivity index (χ0) is 46.4. The number of aromatic nitrogens is 7. The van der Waals surface area contributed by atoms with E-state index in [2.05, 4.69) is 25.6 Å². The van der Waals surface area contributed by atoms with Crippen molar-refractivity contribution >= 4 is 80.7 Å². The number of allylic oxidation sites excluding steroid dienone is 2. The second-order valence-electron chi connectivity index (χ2n) is 15.7. The summed E-state index contributed by atoms with van der Waals surface area (Å²) in [6.07, 6.45) is 7.66. The highest BCUT2D eigenvalue weighted by atomic mass is 32.2. The number of nitrogens with one attached hydrogen (secondary N) is 2. The van der Waals surface area contributed by atoms with Crippen LogP contribution in [0.4, 0.5) is 11.9 Å². The number of hydrogen-bond acceptors (Lipinski definition) is 13. The SMILES string of the molecule is CCC(=O)N1CCN(CCCOc2cc(C(N)=O)cc3nc(NC(=O)c4sc(C)nc4CC)n(C/C=C/Cn4c(NC(=O)c5cc(C)nn5CC)nc5cc(CN)cc(SC)c54)c23)CC1. The third kappa shape index (κ3) is 10.4. The number of fused-ring (bicyclic) bond motifs is 2. The summed E-state index contributed by atoms with van der Waals surface area (Å²) in [4.78, 5) is 72.4. The molecule has 6 N–H and O–H groups in total. The normalized spacial score (nSPS) is 13.4. The van der Waals surface area contributed by atoms with Crippen LogP contribution < -0.4 is 26.8 Å². The zero-order valence-electron chi connectivity index (χ0n) is 37.8. The average Bonchev–Trinajstić information content (AvgIpc) is 4.07. The number of benzene rings is 2. The first-order valence-electron chi connectivity index (χ1n) is 21.9. The van der Waals surface area contributed by atoms with Gasteiger partial charge in [-0.2, -0.15) is 5.10 Å². The number of thioether (sulfide) groups is 1. The quantitative estimate of drug-likeness (QED) is 0.0443. The van der Waals surface area contributed by atoms with Crippen LogP contribution in [0.1, 0.15) is 86.1 Å². The minimum atomic E-state index is -0.642. The molecule has 5 heterocycles. The van der Waals surface area contributed by atoms with Crippen molar-refractivity contribution < 1.29 is 23.9 Å². The topological polar surface area (TPSA) is 226 Å². The van der Waals surface area contributed by atoms with Gasteiger partial charge < -0.3 is 30.2 Å². The lowest BCUT2D eigenvalue weighted by Gasteiger charge is -2.34. The molecule has 18 nitrogen and oxygen atoms in total. The molecule has 1 saturated heterocycles. The fraction of sp³-hybridized carbons (Fsp3) is 0.422. The predicted octanol–water partition coefficient (Wildman–Crippen LogP) is 5.60. The summed E-state index contributed by atoms with van der Waals surface area (Å²) >= 11 is 2.88. The van der Waals surface area contributed by atoms with Crippen LogP contribution in [0.3, 0.4) is 0 Å². The van der Waals surface area contributed by atoms with Crippen molar-refractivity contribution in [1.82, 2.24) is 43.7 Å². The summed E-state index contributed by atoms with van der Waals surface area (Å²) in [6.45, 7) is 15.0. The number of carbonyl (C=O) groups is 4. The molecular formula is C45H57N13O5S2. The molecule has 4 aromatic heterocycles. The van der Waals surface area contributed by atoms with E-state index in [0.29, 0.717) is 103 Å². The van der Waals surface area contributed by atoms with Crippen LogP contribution in [0.25, 0.3) is 22.1 Å². The van der Waals surface area contributed by atoms with Gasteiger partial charge in [0.15, 0.2) is 0 Å². The van der Waals surface area contributed by atoms with Gasteiger partial charge in [-0.3, -0.25) is 39.4 Å². The highest BCUT2D eigenvalue weighted by Crippen LogP contribution is 2.34. The largest absolute Gasteiger partial charge is 0.491 e. The van der Waals surface area contributed by atoms with Gasteiger partial charge in [-0.05, 0) is 75.8 Å². The van der Waals surface area contributed by atoms with Crippen LogP contribution >= 0.6 is 23.1 Å². The van der Waals surface area contributed by atoms with Crippen molar-refractivity contribution in [1.29, 1.82) is 0 Å². The smallest absolute Gasteiger partial charge is 0.276 e. The van der Waals surface area contributed by atoms with Crippen LogP contribution in [-0.4, -0.2) is 113 Å². The van der Waals surface area contributed by atoms with Gasteiger partial charge in [-0.15, -0.1) is 23.1 Å². The first-order valence-corrected chi connectivity index (χ1v) is 23.9. The van der Waals surface area contributed by atoms with Gasteiger partial charge in [0.1, 0.15) is 21.8 Å². The summed E-state index contributed by atoms with van der Waals surface area (Å²) in [7, 11) is 0. The average molecular weight is 924 g/mol. The summed E-state index contributed by atoms with van der Waals surface area (Å²) in [5.41, 5.74) is 17.4. The Morgan fingerprint density at radius 1 is 0.877 bits per heavy atom. The van der Waals surface area contributed by atoms with E-state index in [1.807, 2.05) is 79.2 Å². The molecule has 0 bridgehead atoms. The number of piperazine rings is 1. The second-order valence-corrected chi connectivity index (χ2v) is 17.7. The molecule has 1 aliphatic heterocycles. The minimum Gasteiger partial charge on any atom is -0.491 e. The monoisotopic (exact) mass is 923 g/mol. The van der Waals surface area contributed by atoms with Crippen molar-refractivity contribution in [2.45, 2.75) is 85.0 Å². The molecule has 0 spiro atoms. The molecule has 0 atom stereocenters. The van der Waals surface area contributed by atoms with Gasteiger partial charge in [0.25, 0.3) is 11.8 Å². The molecule has 20 heteroatoms. The lowest BCUT2D eigenvalue weighted by atomic mass is 10.1. The fourth-order valence-corrected chi connectivity index (χ4v) is 9.62. The molecule has 6 aromatic rings. The molecule has 344 valence electrons. The van der Waals surface area contributed by atoms with Gasteiger partial charge in [-0.1, -0.05) is 26.0 Å². The molecule has 65 heavy (non-hydrogen) atoms. The molecule has 7 rings (SSSR count). The maximum atomic E-state index is 13.9. The van der Waals surface area contributed by atoms with Crippen molar-refractivity contribution in [3.63, 3.8) is 0 Å². The van der Waals surface area contributed by atoms with E-state index in [-0.39, 0.29) is 35.8 Å². The number of rotatable bonds is 19. The van der Waals surface area contributed by atoms with Gasteiger partial charge >= 0.3 is 0 Å². The highest BCUT2D eigenvalue weighted by Gasteiger charge is 2.24. The van der Waals surface area contributed by atoms with E-state index in [9.17, 15) is 19.2 Å². The molecular weight excluding hydrogens is 867 g/mol. The van der Waals surface area contributed by atoms with Crippen LogP contribution in [0.2, 0.25) is 0 Å². The van der Waals surface area contributed by atoms with E-state index in [4.69, 9.17) is 26.2 Å². The number of amides is 4. The Kier molecular flexibility index (Phi) is 15.0. The first kappa shape index (κ1) is 46.9. The number of primary amides is 1. The van der Waals surface area contributed by atoms with Gasteiger partial charge in [0, 0.05) is 75.8 Å². The third-order valence-corrected chi connectivity index (χ3v) is 13.1. The summed E-state index contributed by atoms with van der Waals surface area (Å²) in [5, 5.41) is 11.3. The van der Waals surface area contributed by atoms with E-state index in [0.717, 1.165) is 46.3 Å². The number of hydrogen-bond donors (Lipinski definition) is 4. The lowest BCUT2D eigenvalue weighted by Crippen LogP contribution is -2.48. The van der Waals surface area contributed by atoms with Crippen molar-refractivity contribution in [3.8, 4) is 5.75 Å². The Hall–Kier alpha value is -6.09. The predicted molar refractivity (Wildman–Crippen MR) is 255 cm³/mol. The van der Waals surface area contributed by atoms with Crippen molar-refractivity contribution in [2.75, 3.05) is 56.2 Å². The number of aryl methyl sites for hydroxylation is 4. The minimum absolute atomic E-state index is 0.170. The Labute approximate surface area is 385 Å². The molecule has 1 fully saturated rings. The second kappa shape index (κ2) is 20.8. The van der Waals surface area contributed by atoms with E-state index in [1.165, 1.54) is 11.3 Å². The number of thiazole rings is 1. The van der Waals surface area contributed by atoms with E-state index >= 15 is 0 Å². The lowest BCUT2D eigenvalue weighted by molar-refractivity contribution is -0.132. The van der Waals surface area contributed by atoms with Crippen LogP contribution in [0.5, 0.6) is 5.75 Å². The van der Waals surface area contributed by atoms with Gasteiger partial charge in [0.05, 0.1) is 39.6 Å². The summed E-state index contributed by atoms with van der Waals surface area (Å²) < 4.78 is 11.9. The van der Waals surface area contributed by atoms with Crippen LogP contribution in [0, 0.1) is 13.8 Å². The van der Waals surface area contributed by atoms with Crippen molar-refractivity contribution in [3.05, 3.63) is 80.6 Å². The molecule has 1 aliphatic rings. The molecule has 0 aliphatic carbocycles. The summed E-state index contributed by atoms with van der Waals surface area (Å²) in [6, 6.07) is 8.94. The number of anilines is 2. The summed E-state index contributed by atoms with van der Waals surface area (Å²) in [5.74, 6) is -0.154. The third-order valence-electron chi connectivity index (χ3n) is 11.3. The van der Waals surface area contributed by atoms with E-state index < -0.39 is 5.91 Å². The molecule has 4 amide bonds. The Bertz CT molecular complexity index is 2760. The van der Waals surface area contributed by atoms with E-state index in [1.54, 1.807) is 34.6 Å². The highest BCUT2D eigenvalue weighted by molar-refractivity contribution is 7.98. The maximum absolute atomic E-state index is 13.9. The molecule has 0 saturated carbocycles. The molecule has 2 aromatic carbocycles. The number of imidazole rings is 2. The number of nitrogens with zero attached hydrogens (tertiary/aromatic N) is 9. The van der Waals surface area contributed by atoms with Crippen LogP contribution in [-0.2, 0) is 37.4 Å². The number of carbonyl (C=O) groups excluding carboxylic acids is 4. The van der Waals surface area contributed by atoms with Crippen molar-refractivity contribution in [2.24, 2.45) is 11.5 Å². The zero-order valence-corrected chi connectivity index (χ0v) is 39.4. The Morgan fingerprint density at radius 2 is 1.55 bits per heavy atom. The maximum Gasteiger partial charge on any atom is 0.276 e. The van der Waals surface area contributed by atoms with Gasteiger partial charge in [-0.25, -0.2) is 15.0 Å². The molecule has 0 unspecified atom stereocenters. The Morgan fingerprint density at radius 3 is 2.18 bits per heavy atom. The van der Waals surface area contributed by atoms with Crippen LogP contribution in [0.15, 0.2) is 47.4 Å². The standard InChI is InChI=1S/C45H57N13O5S2/c1-7-31-40(65-28(5)48-31)43(62)52-45-50-33-24-30(41(47)60)25-35(63-20-12-13-54-16-18-55(19-17-54)37(59)8-2)38(33)56(45)14-10-11-15-57-39-32(22-29(26-46)23-36(39)64-6)49-44(57)51-42(61)34-21-27(4)53-58(34)9-3/h10-11,21-25H,7-9,12-20,26,46H2,1-6H3,(H2,47,60)(H,49,51,61)(H,50,52,62)/b11-10+. The van der Waals surface area contributed by atoms with Gasteiger partial charge in [0.2, 0.25) is 23.7 Å². The number of nitrogens with two attached hydrogens (primary N) is 2. The Balaban J connectivity index is 1.21. The number of ether oxygens (including phenoxy) is 1. The fourth-order valence-electron chi connectivity index (χ4n) is 8.04. The first-order chi connectivity index (χ1) is 31.3. The molecule has 0 radical (unpaired) electrons.